The number of fused-ring (bicyclic) bond motifs is 1. The first kappa shape index (κ1) is 15.4. The molecule has 0 aliphatic carbocycles. The van der Waals surface area contributed by atoms with E-state index in [2.05, 4.69) is 38.3 Å². The lowest BCUT2D eigenvalue weighted by molar-refractivity contribution is 0.308. The first-order valence-electron chi connectivity index (χ1n) is 7.71. The highest BCUT2D eigenvalue weighted by molar-refractivity contribution is 5.48. The fourth-order valence-corrected chi connectivity index (χ4v) is 2.84. The lowest BCUT2D eigenvalue weighted by atomic mass is 10.1. The smallest absolute Gasteiger partial charge is 0.147 e. The number of anilines is 1. The Balaban J connectivity index is 1.73. The predicted octanol–water partition coefficient (Wildman–Crippen LogP) is 1.96. The summed E-state index contributed by atoms with van der Waals surface area (Å²) in [5.74, 6) is 1.52. The molecule has 118 valence electrons. The third kappa shape index (κ3) is 3.30. The van der Waals surface area contributed by atoms with Crippen LogP contribution in [-0.2, 0) is 19.5 Å². The number of hydrogen-bond donors (Lipinski definition) is 1. The first-order chi connectivity index (χ1) is 11.1. The van der Waals surface area contributed by atoms with Gasteiger partial charge in [-0.05, 0) is 32.5 Å². The van der Waals surface area contributed by atoms with E-state index in [1.54, 1.807) is 0 Å². The summed E-state index contributed by atoms with van der Waals surface area (Å²) >= 11 is 0. The molecule has 1 aliphatic rings. The second kappa shape index (κ2) is 6.31. The van der Waals surface area contributed by atoms with Gasteiger partial charge in [0.1, 0.15) is 17.7 Å². The van der Waals surface area contributed by atoms with Gasteiger partial charge in [0.05, 0.1) is 17.8 Å². The van der Waals surface area contributed by atoms with Crippen molar-refractivity contribution in [1.82, 2.24) is 19.9 Å². The highest BCUT2D eigenvalue weighted by atomic mass is 15.1. The monoisotopic (exact) mass is 308 g/mol. The zero-order chi connectivity index (χ0) is 16.4. The van der Waals surface area contributed by atoms with Crippen molar-refractivity contribution in [2.24, 2.45) is 0 Å². The van der Waals surface area contributed by atoms with E-state index >= 15 is 0 Å². The summed E-state index contributed by atoms with van der Waals surface area (Å²) in [4.78, 5) is 15.8. The molecular weight excluding hydrogens is 288 g/mol. The highest BCUT2D eigenvalue weighted by Gasteiger charge is 2.15. The molecule has 0 bridgehead atoms. The minimum Gasteiger partial charge on any atom is -0.363 e. The zero-order valence-corrected chi connectivity index (χ0v) is 13.7. The number of hydrogen-bond acceptors (Lipinski definition) is 6. The molecule has 6 heteroatoms. The summed E-state index contributed by atoms with van der Waals surface area (Å²) in [6, 6.07) is 4.07. The van der Waals surface area contributed by atoms with Crippen LogP contribution in [0.1, 0.15) is 33.9 Å². The average Bonchev–Trinajstić information content (AvgIpc) is 2.52. The van der Waals surface area contributed by atoms with Crippen molar-refractivity contribution in [2.75, 3.05) is 18.9 Å². The number of aryl methyl sites for hydroxylation is 2. The molecular formula is C17H20N6. The van der Waals surface area contributed by atoms with Crippen LogP contribution < -0.4 is 5.32 Å². The first-order valence-corrected chi connectivity index (χ1v) is 7.71. The Morgan fingerprint density at radius 3 is 2.91 bits per heavy atom. The van der Waals surface area contributed by atoms with E-state index in [0.717, 1.165) is 48.1 Å². The summed E-state index contributed by atoms with van der Waals surface area (Å²) < 4.78 is 0. The molecule has 0 saturated carbocycles. The van der Waals surface area contributed by atoms with E-state index in [9.17, 15) is 0 Å². The Kier molecular flexibility index (Phi) is 4.22. The number of nitrogens with zero attached hydrogens (tertiary/aromatic N) is 5. The van der Waals surface area contributed by atoms with Gasteiger partial charge in [0, 0.05) is 37.0 Å². The summed E-state index contributed by atoms with van der Waals surface area (Å²) in [6.45, 7) is 6.25. The van der Waals surface area contributed by atoms with Crippen molar-refractivity contribution >= 4 is 5.82 Å². The van der Waals surface area contributed by atoms with Gasteiger partial charge in [-0.2, -0.15) is 5.26 Å². The quantitative estimate of drug-likeness (QED) is 0.934. The Bertz CT molecular complexity index is 754. The average molecular weight is 308 g/mol. The molecule has 2 aromatic rings. The number of pyridine rings is 1. The van der Waals surface area contributed by atoms with Crippen molar-refractivity contribution in [3.05, 3.63) is 46.2 Å². The molecule has 3 rings (SSSR count). The van der Waals surface area contributed by atoms with E-state index in [0.29, 0.717) is 12.1 Å². The third-order valence-corrected chi connectivity index (χ3v) is 4.11. The second-order valence-corrected chi connectivity index (χ2v) is 6.00. The van der Waals surface area contributed by atoms with Crippen molar-refractivity contribution in [2.45, 2.75) is 33.4 Å². The van der Waals surface area contributed by atoms with Crippen molar-refractivity contribution in [3.8, 4) is 6.07 Å². The Hall–Kier alpha value is -2.52. The van der Waals surface area contributed by atoms with Crippen LogP contribution in [0.15, 0.2) is 12.3 Å². The van der Waals surface area contributed by atoms with E-state index in [1.165, 1.54) is 5.56 Å². The molecule has 1 N–H and O–H groups in total. The van der Waals surface area contributed by atoms with Crippen molar-refractivity contribution < 1.29 is 0 Å². The molecule has 0 saturated heterocycles. The van der Waals surface area contributed by atoms with Crippen LogP contribution in [0.3, 0.4) is 0 Å². The van der Waals surface area contributed by atoms with Gasteiger partial charge in [-0.15, -0.1) is 0 Å². The molecule has 0 aromatic carbocycles. The van der Waals surface area contributed by atoms with Crippen LogP contribution in [0.2, 0.25) is 0 Å². The molecule has 0 radical (unpaired) electrons. The SMILES string of the molecule is Cc1cc(NCc2ncc3c(n2)CCN(C)C3)nc(C)c1C#N. The molecule has 0 amide bonds. The van der Waals surface area contributed by atoms with E-state index < -0.39 is 0 Å². The van der Waals surface area contributed by atoms with Gasteiger partial charge in [-0.3, -0.25) is 0 Å². The van der Waals surface area contributed by atoms with Crippen LogP contribution >= 0.6 is 0 Å². The van der Waals surface area contributed by atoms with Gasteiger partial charge in [-0.25, -0.2) is 15.0 Å². The second-order valence-electron chi connectivity index (χ2n) is 6.00. The third-order valence-electron chi connectivity index (χ3n) is 4.11. The summed E-state index contributed by atoms with van der Waals surface area (Å²) in [6.07, 6.45) is 2.90. The summed E-state index contributed by atoms with van der Waals surface area (Å²) in [5.41, 5.74) is 4.67. The van der Waals surface area contributed by atoms with Gasteiger partial charge < -0.3 is 10.2 Å². The molecule has 0 unspecified atom stereocenters. The summed E-state index contributed by atoms with van der Waals surface area (Å²) in [7, 11) is 2.11. The fourth-order valence-electron chi connectivity index (χ4n) is 2.84. The van der Waals surface area contributed by atoms with Gasteiger partial charge >= 0.3 is 0 Å². The zero-order valence-electron chi connectivity index (χ0n) is 13.7. The van der Waals surface area contributed by atoms with Crippen LogP contribution in [0.5, 0.6) is 0 Å². The Labute approximate surface area is 136 Å². The number of rotatable bonds is 3. The van der Waals surface area contributed by atoms with Crippen LogP contribution in [0, 0.1) is 25.2 Å². The molecule has 0 fully saturated rings. The molecule has 2 aromatic heterocycles. The highest BCUT2D eigenvalue weighted by Crippen LogP contribution is 2.17. The van der Waals surface area contributed by atoms with Crippen molar-refractivity contribution in [1.29, 1.82) is 5.26 Å². The number of aromatic nitrogens is 3. The van der Waals surface area contributed by atoms with Gasteiger partial charge in [-0.1, -0.05) is 0 Å². The van der Waals surface area contributed by atoms with Crippen LogP contribution in [0.25, 0.3) is 0 Å². The van der Waals surface area contributed by atoms with Crippen LogP contribution in [0.4, 0.5) is 5.82 Å². The standard InChI is InChI=1S/C17H20N6/c1-11-6-16(21-12(2)14(11)7-18)20-9-17-19-8-13-10-23(3)5-4-15(13)22-17/h6,8H,4-5,9-10H2,1-3H3,(H,20,21). The van der Waals surface area contributed by atoms with Crippen molar-refractivity contribution in [3.63, 3.8) is 0 Å². The lowest BCUT2D eigenvalue weighted by Crippen LogP contribution is -2.28. The molecule has 3 heterocycles. The molecule has 23 heavy (non-hydrogen) atoms. The number of nitrogens with one attached hydrogen (secondary N) is 1. The molecule has 1 aliphatic heterocycles. The maximum Gasteiger partial charge on any atom is 0.147 e. The normalized spacial score (nSPS) is 14.2. The maximum atomic E-state index is 9.10. The Morgan fingerprint density at radius 2 is 2.17 bits per heavy atom. The van der Waals surface area contributed by atoms with E-state index in [-0.39, 0.29) is 0 Å². The van der Waals surface area contributed by atoms with Gasteiger partial charge in [0.25, 0.3) is 0 Å². The minimum atomic E-state index is 0.529. The molecule has 0 atom stereocenters. The minimum absolute atomic E-state index is 0.529. The van der Waals surface area contributed by atoms with E-state index in [4.69, 9.17) is 5.26 Å². The lowest BCUT2D eigenvalue weighted by Gasteiger charge is -2.23. The predicted molar refractivity (Wildman–Crippen MR) is 87.8 cm³/mol. The molecule has 6 nitrogen and oxygen atoms in total. The number of nitriles is 1. The topological polar surface area (TPSA) is 77.7 Å². The maximum absolute atomic E-state index is 9.10. The summed E-state index contributed by atoms with van der Waals surface area (Å²) in [5, 5.41) is 12.3. The Morgan fingerprint density at radius 1 is 1.35 bits per heavy atom. The van der Waals surface area contributed by atoms with Gasteiger partial charge in [0.2, 0.25) is 0 Å². The molecule has 0 spiro atoms. The fraction of sp³-hybridized carbons (Fsp3) is 0.412. The van der Waals surface area contributed by atoms with Crippen LogP contribution in [-0.4, -0.2) is 33.4 Å². The van der Waals surface area contributed by atoms with E-state index in [1.807, 2.05) is 26.1 Å². The van der Waals surface area contributed by atoms with Gasteiger partial charge in [0.15, 0.2) is 0 Å². The number of likely N-dealkylation sites (N-methyl/N-ethyl adjacent to an activating group) is 1. The largest absolute Gasteiger partial charge is 0.363 e.